The van der Waals surface area contributed by atoms with Crippen molar-refractivity contribution in [3.8, 4) is 0 Å². The van der Waals surface area contributed by atoms with Gasteiger partial charge in [-0.2, -0.15) is 13.2 Å². The Kier molecular flexibility index (Phi) is 5.19. The van der Waals surface area contributed by atoms with Crippen molar-refractivity contribution in [3.05, 3.63) is 45.4 Å². The molecule has 2 heterocycles. The molecule has 1 aliphatic rings. The van der Waals surface area contributed by atoms with E-state index < -0.39 is 17.8 Å². The standard InChI is InChI=1S/C16H13ClF3N3O2S/c17-11-2-1-9(16(18,19)20)5-8(11)6-10-7-21-15(26-10)23-14(25)12-3-4-13(24)22-12/h1-2,5,7,12H,3-4,6H2,(H,22,24)(H,21,23,25)/t12-/m1/s1. The maximum absolute atomic E-state index is 12.8. The van der Waals surface area contributed by atoms with E-state index in [1.54, 1.807) is 0 Å². The van der Waals surface area contributed by atoms with E-state index in [0.717, 1.165) is 23.5 Å². The van der Waals surface area contributed by atoms with Crippen LogP contribution in [-0.2, 0) is 22.2 Å². The Bertz CT molecular complexity index is 854. The number of hydrogen-bond donors (Lipinski definition) is 2. The van der Waals surface area contributed by atoms with Crippen LogP contribution in [0.4, 0.5) is 18.3 Å². The molecule has 1 saturated heterocycles. The van der Waals surface area contributed by atoms with Crippen molar-refractivity contribution in [2.75, 3.05) is 5.32 Å². The number of thiazole rings is 1. The minimum Gasteiger partial charge on any atom is -0.344 e. The molecule has 1 aliphatic heterocycles. The van der Waals surface area contributed by atoms with E-state index >= 15 is 0 Å². The smallest absolute Gasteiger partial charge is 0.344 e. The number of anilines is 1. The number of nitrogens with zero attached hydrogens (tertiary/aromatic N) is 1. The molecule has 0 aliphatic carbocycles. The SMILES string of the molecule is O=C1CC[C@H](C(=O)Nc2ncc(Cc3cc(C(F)(F)F)ccc3Cl)s2)N1. The predicted octanol–water partition coefficient (Wildman–Crippen LogP) is 3.62. The Morgan fingerprint density at radius 3 is 2.85 bits per heavy atom. The molecule has 1 aromatic heterocycles. The normalized spacial score (nSPS) is 17.2. The summed E-state index contributed by atoms with van der Waals surface area (Å²) in [6.07, 6.45) is -2.09. The van der Waals surface area contributed by atoms with E-state index in [9.17, 15) is 22.8 Å². The van der Waals surface area contributed by atoms with Gasteiger partial charge in [-0.1, -0.05) is 11.6 Å². The molecule has 10 heteroatoms. The van der Waals surface area contributed by atoms with Gasteiger partial charge in [-0.25, -0.2) is 4.98 Å². The summed E-state index contributed by atoms with van der Waals surface area (Å²) in [6.45, 7) is 0. The topological polar surface area (TPSA) is 71.1 Å². The maximum Gasteiger partial charge on any atom is 0.416 e. The average Bonchev–Trinajstić information content (AvgIpc) is 3.17. The van der Waals surface area contributed by atoms with Crippen LogP contribution in [0.15, 0.2) is 24.4 Å². The molecule has 2 aromatic rings. The number of amides is 2. The Morgan fingerprint density at radius 2 is 2.19 bits per heavy atom. The lowest BCUT2D eigenvalue weighted by Gasteiger charge is -2.10. The first-order chi connectivity index (χ1) is 12.2. The van der Waals surface area contributed by atoms with Crippen molar-refractivity contribution >= 4 is 39.9 Å². The fraction of sp³-hybridized carbons (Fsp3) is 0.312. The van der Waals surface area contributed by atoms with Gasteiger partial charge in [0.25, 0.3) is 0 Å². The first kappa shape index (κ1) is 18.7. The van der Waals surface area contributed by atoms with Crippen LogP contribution >= 0.6 is 22.9 Å². The molecule has 0 radical (unpaired) electrons. The van der Waals surface area contributed by atoms with E-state index in [1.165, 1.54) is 12.3 Å². The number of hydrogen-bond acceptors (Lipinski definition) is 4. The summed E-state index contributed by atoms with van der Waals surface area (Å²) >= 11 is 7.14. The van der Waals surface area contributed by atoms with E-state index in [0.29, 0.717) is 28.4 Å². The highest BCUT2D eigenvalue weighted by atomic mass is 35.5. The molecule has 0 saturated carbocycles. The largest absolute Gasteiger partial charge is 0.416 e. The molecule has 138 valence electrons. The molecule has 2 N–H and O–H groups in total. The molecule has 1 aromatic carbocycles. The van der Waals surface area contributed by atoms with Gasteiger partial charge in [-0.3, -0.25) is 9.59 Å². The summed E-state index contributed by atoms with van der Waals surface area (Å²) in [4.78, 5) is 27.9. The van der Waals surface area contributed by atoms with Crippen molar-refractivity contribution in [2.45, 2.75) is 31.5 Å². The monoisotopic (exact) mass is 403 g/mol. The van der Waals surface area contributed by atoms with Gasteiger partial charge < -0.3 is 10.6 Å². The summed E-state index contributed by atoms with van der Waals surface area (Å²) in [6, 6.07) is 2.56. The molecule has 26 heavy (non-hydrogen) atoms. The minimum atomic E-state index is -4.45. The predicted molar refractivity (Wildman–Crippen MR) is 91.2 cm³/mol. The highest BCUT2D eigenvalue weighted by Crippen LogP contribution is 2.33. The van der Waals surface area contributed by atoms with Crippen molar-refractivity contribution in [2.24, 2.45) is 0 Å². The van der Waals surface area contributed by atoms with Gasteiger partial charge in [0.15, 0.2) is 5.13 Å². The summed E-state index contributed by atoms with van der Waals surface area (Å²) in [7, 11) is 0. The Balaban J connectivity index is 1.69. The van der Waals surface area contributed by atoms with E-state index in [-0.39, 0.29) is 23.3 Å². The number of alkyl halides is 3. The first-order valence-corrected chi connectivity index (χ1v) is 8.82. The second-order valence-electron chi connectivity index (χ2n) is 5.76. The number of benzene rings is 1. The van der Waals surface area contributed by atoms with Crippen molar-refractivity contribution in [3.63, 3.8) is 0 Å². The molecular formula is C16H13ClF3N3O2S. The quantitative estimate of drug-likeness (QED) is 0.819. The summed E-state index contributed by atoms with van der Waals surface area (Å²) < 4.78 is 38.5. The maximum atomic E-state index is 12.8. The third-order valence-corrected chi connectivity index (χ3v) is 5.11. The number of carbonyl (C=O) groups excluding carboxylic acids is 2. The zero-order chi connectivity index (χ0) is 18.9. The van der Waals surface area contributed by atoms with Gasteiger partial charge in [0, 0.05) is 28.9 Å². The van der Waals surface area contributed by atoms with Gasteiger partial charge in [0.05, 0.1) is 5.56 Å². The fourth-order valence-electron chi connectivity index (χ4n) is 2.52. The lowest BCUT2D eigenvalue weighted by atomic mass is 10.1. The third-order valence-electron chi connectivity index (χ3n) is 3.83. The molecule has 2 amide bonds. The number of aromatic nitrogens is 1. The Labute approximate surface area is 155 Å². The van der Waals surface area contributed by atoms with Gasteiger partial charge in [-0.05, 0) is 30.2 Å². The fourth-order valence-corrected chi connectivity index (χ4v) is 3.55. The van der Waals surface area contributed by atoms with Crippen LogP contribution in [0.3, 0.4) is 0 Å². The van der Waals surface area contributed by atoms with Gasteiger partial charge in [-0.15, -0.1) is 11.3 Å². The number of nitrogens with one attached hydrogen (secondary N) is 2. The Morgan fingerprint density at radius 1 is 1.42 bits per heavy atom. The first-order valence-electron chi connectivity index (χ1n) is 7.63. The van der Waals surface area contributed by atoms with Crippen molar-refractivity contribution < 1.29 is 22.8 Å². The zero-order valence-electron chi connectivity index (χ0n) is 13.2. The van der Waals surface area contributed by atoms with Crippen molar-refractivity contribution in [1.82, 2.24) is 10.3 Å². The second kappa shape index (κ2) is 7.24. The lowest BCUT2D eigenvalue weighted by Crippen LogP contribution is -2.37. The number of rotatable bonds is 4. The van der Waals surface area contributed by atoms with Gasteiger partial charge in [0.1, 0.15) is 6.04 Å². The second-order valence-corrected chi connectivity index (χ2v) is 7.28. The zero-order valence-corrected chi connectivity index (χ0v) is 14.8. The van der Waals surface area contributed by atoms with Crippen LogP contribution in [-0.4, -0.2) is 22.8 Å². The van der Waals surface area contributed by atoms with E-state index in [2.05, 4.69) is 15.6 Å². The van der Waals surface area contributed by atoms with Crippen LogP contribution in [0.5, 0.6) is 0 Å². The molecule has 5 nitrogen and oxygen atoms in total. The van der Waals surface area contributed by atoms with Crippen LogP contribution < -0.4 is 10.6 Å². The number of carbonyl (C=O) groups is 2. The molecular weight excluding hydrogens is 391 g/mol. The summed E-state index contributed by atoms with van der Waals surface area (Å²) in [5.74, 6) is -0.544. The highest BCUT2D eigenvalue weighted by molar-refractivity contribution is 7.15. The molecule has 0 unspecified atom stereocenters. The minimum absolute atomic E-state index is 0.163. The lowest BCUT2D eigenvalue weighted by molar-refractivity contribution is -0.137. The Hall–Kier alpha value is -2.13. The van der Waals surface area contributed by atoms with Crippen LogP contribution in [0.2, 0.25) is 5.02 Å². The summed E-state index contributed by atoms with van der Waals surface area (Å²) in [5.41, 5.74) is -0.446. The third kappa shape index (κ3) is 4.34. The molecule has 0 bridgehead atoms. The van der Waals surface area contributed by atoms with Gasteiger partial charge in [0.2, 0.25) is 11.8 Å². The van der Waals surface area contributed by atoms with Crippen molar-refractivity contribution in [1.29, 1.82) is 0 Å². The molecule has 1 atom stereocenters. The molecule has 0 spiro atoms. The van der Waals surface area contributed by atoms with Crippen LogP contribution in [0.1, 0.15) is 28.8 Å². The van der Waals surface area contributed by atoms with E-state index in [1.807, 2.05) is 0 Å². The molecule has 1 fully saturated rings. The molecule has 3 rings (SSSR count). The summed E-state index contributed by atoms with van der Waals surface area (Å²) in [5, 5.41) is 5.69. The highest BCUT2D eigenvalue weighted by Gasteiger charge is 2.31. The van der Waals surface area contributed by atoms with Crippen LogP contribution in [0.25, 0.3) is 0 Å². The van der Waals surface area contributed by atoms with Crippen LogP contribution in [0, 0.1) is 0 Å². The average molecular weight is 404 g/mol. The van der Waals surface area contributed by atoms with E-state index in [4.69, 9.17) is 11.6 Å². The number of halogens is 4. The van der Waals surface area contributed by atoms with Gasteiger partial charge >= 0.3 is 6.18 Å².